The van der Waals surface area contributed by atoms with Gasteiger partial charge in [-0.15, -0.1) is 0 Å². The van der Waals surface area contributed by atoms with Crippen molar-refractivity contribution < 1.29 is 27.5 Å². The van der Waals surface area contributed by atoms with Crippen molar-refractivity contribution in [3.8, 4) is 11.5 Å². The number of hydrogen-bond acceptors (Lipinski definition) is 6. The Morgan fingerprint density at radius 1 is 1.00 bits per heavy atom. The molecule has 1 saturated carbocycles. The van der Waals surface area contributed by atoms with E-state index in [0.717, 1.165) is 48.2 Å². The van der Waals surface area contributed by atoms with Crippen molar-refractivity contribution in [3.63, 3.8) is 0 Å². The van der Waals surface area contributed by atoms with Gasteiger partial charge >= 0.3 is 0 Å². The summed E-state index contributed by atoms with van der Waals surface area (Å²) in [7, 11) is -0.754. The zero-order valence-corrected chi connectivity index (χ0v) is 22.8. The van der Waals surface area contributed by atoms with E-state index in [9.17, 15) is 18.0 Å². The number of sulfonamides is 1. The Kier molecular flexibility index (Phi) is 9.79. The fourth-order valence-electron chi connectivity index (χ4n) is 4.46. The second-order valence-corrected chi connectivity index (χ2v) is 11.3. The van der Waals surface area contributed by atoms with Gasteiger partial charge in [-0.3, -0.25) is 13.9 Å². The number of nitrogens with zero attached hydrogens (tertiary/aromatic N) is 2. The van der Waals surface area contributed by atoms with E-state index in [1.807, 2.05) is 12.1 Å². The zero-order chi connectivity index (χ0) is 27.0. The normalized spacial score (nSPS) is 14.9. The van der Waals surface area contributed by atoms with Gasteiger partial charge in [-0.1, -0.05) is 37.5 Å². The molecular weight excluding hydrogens is 494 g/mol. The van der Waals surface area contributed by atoms with Crippen LogP contribution in [0.2, 0.25) is 0 Å². The molecule has 0 bridgehead atoms. The van der Waals surface area contributed by atoms with Gasteiger partial charge in [0, 0.05) is 18.7 Å². The quantitative estimate of drug-likeness (QED) is 0.477. The zero-order valence-electron chi connectivity index (χ0n) is 22.0. The standard InChI is InChI=1S/C27H37N3O6S/c1-20(27(32)28-22-9-6-5-7-10-22)29(18-21-13-15-24(35-2)16-14-21)26(31)19-30(37(4,33)34)23-11-8-12-25(17-23)36-3/h8,11-17,20,22H,5-7,9-10,18-19H2,1-4H3,(H,28,32)/t20-/m0/s1. The van der Waals surface area contributed by atoms with Crippen molar-refractivity contribution in [2.45, 2.75) is 57.7 Å². The van der Waals surface area contributed by atoms with E-state index in [1.165, 1.54) is 12.0 Å². The van der Waals surface area contributed by atoms with E-state index in [4.69, 9.17) is 9.47 Å². The molecule has 0 aliphatic heterocycles. The second kappa shape index (κ2) is 12.8. The number of nitrogens with one attached hydrogen (secondary N) is 1. The van der Waals surface area contributed by atoms with Crippen molar-refractivity contribution in [2.24, 2.45) is 0 Å². The summed E-state index contributed by atoms with van der Waals surface area (Å²) in [6.07, 6.45) is 6.18. The molecule has 2 amide bonds. The number of rotatable bonds is 11. The Hall–Kier alpha value is -3.27. The molecule has 1 aliphatic rings. The predicted octanol–water partition coefficient (Wildman–Crippen LogP) is 3.34. The van der Waals surface area contributed by atoms with Crippen LogP contribution in [0, 0.1) is 0 Å². The number of carbonyl (C=O) groups excluding carboxylic acids is 2. The third kappa shape index (κ3) is 7.85. The first-order chi connectivity index (χ1) is 17.6. The fraction of sp³-hybridized carbons (Fsp3) is 0.481. The fourth-order valence-corrected chi connectivity index (χ4v) is 5.30. The number of hydrogen-bond donors (Lipinski definition) is 1. The summed E-state index contributed by atoms with van der Waals surface area (Å²) in [5.74, 6) is 0.399. The van der Waals surface area contributed by atoms with Gasteiger partial charge in [0.25, 0.3) is 0 Å². The molecule has 0 aromatic heterocycles. The van der Waals surface area contributed by atoms with Gasteiger partial charge in [-0.2, -0.15) is 0 Å². The molecule has 37 heavy (non-hydrogen) atoms. The Labute approximate surface area is 219 Å². The third-order valence-electron chi connectivity index (χ3n) is 6.65. The Morgan fingerprint density at radius 2 is 1.65 bits per heavy atom. The van der Waals surface area contributed by atoms with Crippen molar-refractivity contribution in [1.29, 1.82) is 0 Å². The summed E-state index contributed by atoms with van der Waals surface area (Å²) < 4.78 is 36.9. The van der Waals surface area contributed by atoms with Gasteiger partial charge in [0.1, 0.15) is 24.1 Å². The van der Waals surface area contributed by atoms with Crippen LogP contribution in [0.15, 0.2) is 48.5 Å². The Morgan fingerprint density at radius 3 is 2.24 bits per heavy atom. The van der Waals surface area contributed by atoms with Crippen molar-refractivity contribution >= 4 is 27.5 Å². The molecule has 0 unspecified atom stereocenters. The molecule has 9 nitrogen and oxygen atoms in total. The van der Waals surface area contributed by atoms with Gasteiger partial charge < -0.3 is 19.7 Å². The van der Waals surface area contributed by atoms with Crippen LogP contribution in [-0.4, -0.2) is 64.2 Å². The van der Waals surface area contributed by atoms with E-state index in [-0.39, 0.29) is 18.5 Å². The minimum Gasteiger partial charge on any atom is -0.497 e. The van der Waals surface area contributed by atoms with Crippen molar-refractivity contribution in [1.82, 2.24) is 10.2 Å². The third-order valence-corrected chi connectivity index (χ3v) is 7.79. The minimum absolute atomic E-state index is 0.0888. The number of carbonyl (C=O) groups is 2. The number of amides is 2. The first-order valence-electron chi connectivity index (χ1n) is 12.5. The lowest BCUT2D eigenvalue weighted by molar-refractivity contribution is -0.139. The van der Waals surface area contributed by atoms with E-state index in [0.29, 0.717) is 17.2 Å². The molecular formula is C27H37N3O6S. The highest BCUT2D eigenvalue weighted by Gasteiger charge is 2.31. The lowest BCUT2D eigenvalue weighted by Crippen LogP contribution is -2.52. The van der Waals surface area contributed by atoms with Crippen LogP contribution >= 0.6 is 0 Å². The molecule has 2 aromatic rings. The van der Waals surface area contributed by atoms with Crippen molar-refractivity contribution in [2.75, 3.05) is 31.3 Å². The van der Waals surface area contributed by atoms with Crippen LogP contribution in [0.1, 0.15) is 44.6 Å². The molecule has 202 valence electrons. The van der Waals surface area contributed by atoms with Gasteiger partial charge in [-0.05, 0) is 49.6 Å². The summed E-state index contributed by atoms with van der Waals surface area (Å²) in [4.78, 5) is 28.3. The van der Waals surface area contributed by atoms with Crippen LogP contribution in [0.5, 0.6) is 11.5 Å². The molecule has 1 aliphatic carbocycles. The Balaban J connectivity index is 1.87. The minimum atomic E-state index is -3.81. The number of ether oxygens (including phenoxy) is 2. The van der Waals surface area contributed by atoms with Crippen LogP contribution in [0.4, 0.5) is 5.69 Å². The van der Waals surface area contributed by atoms with E-state index in [1.54, 1.807) is 50.4 Å². The highest BCUT2D eigenvalue weighted by molar-refractivity contribution is 7.92. The summed E-state index contributed by atoms with van der Waals surface area (Å²) in [6, 6.07) is 13.0. The van der Waals surface area contributed by atoms with E-state index >= 15 is 0 Å². The second-order valence-electron chi connectivity index (χ2n) is 9.36. The maximum atomic E-state index is 13.7. The maximum Gasteiger partial charge on any atom is 0.244 e. The molecule has 1 fully saturated rings. The average molecular weight is 532 g/mol. The van der Waals surface area contributed by atoms with Crippen LogP contribution in [0.25, 0.3) is 0 Å². The first-order valence-corrected chi connectivity index (χ1v) is 14.3. The van der Waals surface area contributed by atoms with Gasteiger partial charge in [0.15, 0.2) is 0 Å². The molecule has 0 spiro atoms. The molecule has 1 atom stereocenters. The van der Waals surface area contributed by atoms with Gasteiger partial charge in [0.2, 0.25) is 21.8 Å². The van der Waals surface area contributed by atoms with Crippen LogP contribution in [-0.2, 0) is 26.2 Å². The lowest BCUT2D eigenvalue weighted by Gasteiger charge is -2.33. The SMILES string of the molecule is COc1ccc(CN(C(=O)CN(c2cccc(OC)c2)S(C)(=O)=O)[C@@H](C)C(=O)NC2CCCCC2)cc1. The van der Waals surface area contributed by atoms with Crippen LogP contribution in [0.3, 0.4) is 0 Å². The topological polar surface area (TPSA) is 105 Å². The van der Waals surface area contributed by atoms with Gasteiger partial charge in [-0.25, -0.2) is 8.42 Å². The molecule has 1 N–H and O–H groups in total. The molecule has 10 heteroatoms. The molecule has 0 saturated heterocycles. The molecule has 0 radical (unpaired) electrons. The maximum absolute atomic E-state index is 13.7. The monoisotopic (exact) mass is 531 g/mol. The molecule has 3 rings (SSSR count). The van der Waals surface area contributed by atoms with E-state index < -0.39 is 28.5 Å². The van der Waals surface area contributed by atoms with Gasteiger partial charge in [0.05, 0.1) is 26.2 Å². The van der Waals surface area contributed by atoms with Crippen molar-refractivity contribution in [3.05, 3.63) is 54.1 Å². The summed E-state index contributed by atoms with van der Waals surface area (Å²) in [5, 5.41) is 3.09. The number of anilines is 1. The lowest BCUT2D eigenvalue weighted by atomic mass is 9.95. The van der Waals surface area contributed by atoms with E-state index in [2.05, 4.69) is 5.32 Å². The first kappa shape index (κ1) is 28.3. The largest absolute Gasteiger partial charge is 0.497 e. The average Bonchev–Trinajstić information content (AvgIpc) is 2.90. The van der Waals surface area contributed by atoms with Crippen LogP contribution < -0.4 is 19.1 Å². The highest BCUT2D eigenvalue weighted by Crippen LogP contribution is 2.24. The highest BCUT2D eigenvalue weighted by atomic mass is 32.2. The Bertz CT molecular complexity index is 1160. The molecule has 2 aromatic carbocycles. The molecule has 0 heterocycles. The smallest absolute Gasteiger partial charge is 0.244 e. The summed E-state index contributed by atoms with van der Waals surface area (Å²) >= 11 is 0. The summed E-state index contributed by atoms with van der Waals surface area (Å²) in [5.41, 5.74) is 1.10. The predicted molar refractivity (Wildman–Crippen MR) is 143 cm³/mol. The number of benzene rings is 2. The summed E-state index contributed by atoms with van der Waals surface area (Å²) in [6.45, 7) is 1.36. The number of methoxy groups -OCH3 is 2.